The highest BCUT2D eigenvalue weighted by Crippen LogP contribution is 2.12. The van der Waals surface area contributed by atoms with Gasteiger partial charge in [0, 0.05) is 22.7 Å². The number of nitrogens with zero attached hydrogens (tertiary/aromatic N) is 2. The van der Waals surface area contributed by atoms with E-state index in [0.717, 1.165) is 0 Å². The van der Waals surface area contributed by atoms with E-state index in [-0.39, 0.29) is 12.8 Å². The molecule has 0 N–H and O–H groups in total. The Labute approximate surface area is 82.6 Å². The number of hydrogen-bond donors (Lipinski definition) is 0. The van der Waals surface area contributed by atoms with Crippen LogP contribution >= 0.6 is 0 Å². The largest absolute Gasteiger partial charge is 0.264 e. The van der Waals surface area contributed by atoms with Gasteiger partial charge in [0.2, 0.25) is 12.1 Å². The standard InChI is InChI=1S/C8H15N2O4/c1-3-5-8(10(13)14)6-7(4-2)9(11)12/h7-8H,2-6H2,1H3. The third kappa shape index (κ3) is 4.15. The van der Waals surface area contributed by atoms with Crippen LogP contribution in [0.1, 0.15) is 32.6 Å². The summed E-state index contributed by atoms with van der Waals surface area (Å²) < 4.78 is 0. The lowest BCUT2D eigenvalue weighted by molar-refractivity contribution is -0.560. The van der Waals surface area contributed by atoms with Gasteiger partial charge in [-0.25, -0.2) is 0 Å². The van der Waals surface area contributed by atoms with Gasteiger partial charge >= 0.3 is 0 Å². The molecular formula is C8H15N2O4. The number of rotatable bonds is 7. The predicted molar refractivity (Wildman–Crippen MR) is 51.1 cm³/mol. The van der Waals surface area contributed by atoms with Gasteiger partial charge in [-0.2, -0.15) is 0 Å². The summed E-state index contributed by atoms with van der Waals surface area (Å²) in [6.07, 6.45) is 1.13. The molecule has 0 aliphatic rings. The zero-order chi connectivity index (χ0) is 11.1. The fraction of sp³-hybridized carbons (Fsp3) is 0.875. The van der Waals surface area contributed by atoms with E-state index in [9.17, 15) is 20.2 Å². The van der Waals surface area contributed by atoms with Crippen molar-refractivity contribution in [1.82, 2.24) is 0 Å². The highest BCUT2D eigenvalue weighted by atomic mass is 16.6. The van der Waals surface area contributed by atoms with Gasteiger partial charge in [0.1, 0.15) is 0 Å². The third-order valence-electron chi connectivity index (χ3n) is 2.10. The quantitative estimate of drug-likeness (QED) is 0.465. The van der Waals surface area contributed by atoms with Crippen LogP contribution < -0.4 is 0 Å². The third-order valence-corrected chi connectivity index (χ3v) is 2.10. The van der Waals surface area contributed by atoms with Crippen molar-refractivity contribution in [2.75, 3.05) is 0 Å². The maximum absolute atomic E-state index is 10.5. The van der Waals surface area contributed by atoms with E-state index in [1.54, 1.807) is 0 Å². The zero-order valence-electron chi connectivity index (χ0n) is 8.22. The van der Waals surface area contributed by atoms with Gasteiger partial charge in [-0.3, -0.25) is 20.2 Å². The summed E-state index contributed by atoms with van der Waals surface area (Å²) in [5.41, 5.74) is 0. The van der Waals surface area contributed by atoms with E-state index in [4.69, 9.17) is 0 Å². The van der Waals surface area contributed by atoms with Crippen LogP contribution in [0.25, 0.3) is 0 Å². The molecule has 0 aliphatic heterocycles. The summed E-state index contributed by atoms with van der Waals surface area (Å²) in [7, 11) is 0. The number of nitro groups is 2. The van der Waals surface area contributed by atoms with Gasteiger partial charge in [0.25, 0.3) is 0 Å². The molecule has 0 aromatic rings. The topological polar surface area (TPSA) is 86.3 Å². The second kappa shape index (κ2) is 6.28. The SMILES string of the molecule is [CH2]CC(CC(CCC)[N+](=O)[O-])[N+](=O)[O-]. The second-order valence-electron chi connectivity index (χ2n) is 3.19. The average molecular weight is 203 g/mol. The molecule has 0 rings (SSSR count). The van der Waals surface area contributed by atoms with Crippen molar-refractivity contribution in [3.8, 4) is 0 Å². The van der Waals surface area contributed by atoms with Crippen molar-refractivity contribution in [2.45, 2.75) is 44.7 Å². The molecule has 0 fully saturated rings. The minimum absolute atomic E-state index is 0.0165. The van der Waals surface area contributed by atoms with Crippen LogP contribution in [0.5, 0.6) is 0 Å². The van der Waals surface area contributed by atoms with Gasteiger partial charge in [-0.15, -0.1) is 0 Å². The molecule has 0 aromatic heterocycles. The van der Waals surface area contributed by atoms with Gasteiger partial charge in [0.05, 0.1) is 6.42 Å². The van der Waals surface area contributed by atoms with E-state index >= 15 is 0 Å². The molecule has 0 heterocycles. The first kappa shape index (κ1) is 12.8. The van der Waals surface area contributed by atoms with Crippen LogP contribution in [0.4, 0.5) is 0 Å². The molecule has 2 unspecified atom stereocenters. The Balaban J connectivity index is 4.25. The van der Waals surface area contributed by atoms with Gasteiger partial charge in [-0.05, 0) is 13.3 Å². The summed E-state index contributed by atoms with van der Waals surface area (Å²) in [5.74, 6) is 0. The molecule has 6 nitrogen and oxygen atoms in total. The van der Waals surface area contributed by atoms with Crippen LogP contribution in [-0.2, 0) is 0 Å². The Morgan fingerprint density at radius 3 is 2.00 bits per heavy atom. The second-order valence-corrected chi connectivity index (χ2v) is 3.19. The Bertz CT molecular complexity index is 208. The van der Waals surface area contributed by atoms with E-state index < -0.39 is 21.9 Å². The molecule has 2 atom stereocenters. The van der Waals surface area contributed by atoms with E-state index in [2.05, 4.69) is 6.92 Å². The van der Waals surface area contributed by atoms with Crippen molar-refractivity contribution in [1.29, 1.82) is 0 Å². The summed E-state index contributed by atoms with van der Waals surface area (Å²) >= 11 is 0. The van der Waals surface area contributed by atoms with E-state index in [1.165, 1.54) is 0 Å². The van der Waals surface area contributed by atoms with Crippen molar-refractivity contribution in [2.24, 2.45) is 0 Å². The molecule has 0 bridgehead atoms. The smallest absolute Gasteiger partial charge is 0.219 e. The summed E-state index contributed by atoms with van der Waals surface area (Å²) in [4.78, 5) is 20.0. The molecule has 0 amide bonds. The van der Waals surface area contributed by atoms with Crippen molar-refractivity contribution < 1.29 is 9.85 Å². The Kier molecular flexibility index (Phi) is 5.74. The molecule has 81 valence electrons. The predicted octanol–water partition coefficient (Wildman–Crippen LogP) is 1.69. The molecule has 0 aromatic carbocycles. The maximum Gasteiger partial charge on any atom is 0.219 e. The average Bonchev–Trinajstić information content (AvgIpc) is 2.11. The first-order chi connectivity index (χ1) is 6.52. The van der Waals surface area contributed by atoms with Crippen LogP contribution in [0, 0.1) is 27.2 Å². The molecule has 6 heteroatoms. The van der Waals surface area contributed by atoms with Crippen molar-refractivity contribution in [3.05, 3.63) is 27.2 Å². The lowest BCUT2D eigenvalue weighted by Gasteiger charge is -2.10. The fourth-order valence-corrected chi connectivity index (χ4v) is 1.27. The number of hydrogen-bond acceptors (Lipinski definition) is 4. The summed E-state index contributed by atoms with van der Waals surface area (Å²) in [6, 6.07) is -1.70. The van der Waals surface area contributed by atoms with E-state index in [1.807, 2.05) is 6.92 Å². The van der Waals surface area contributed by atoms with Crippen LogP contribution in [0.3, 0.4) is 0 Å². The van der Waals surface area contributed by atoms with Crippen molar-refractivity contribution in [3.63, 3.8) is 0 Å². The molecule has 0 saturated carbocycles. The van der Waals surface area contributed by atoms with Crippen LogP contribution in [0.15, 0.2) is 0 Å². The molecule has 1 radical (unpaired) electrons. The Morgan fingerprint density at radius 2 is 1.71 bits per heavy atom. The molecule has 0 spiro atoms. The van der Waals surface area contributed by atoms with Crippen LogP contribution in [-0.4, -0.2) is 21.9 Å². The summed E-state index contributed by atoms with van der Waals surface area (Å²) in [6.45, 7) is 5.24. The summed E-state index contributed by atoms with van der Waals surface area (Å²) in [5, 5.41) is 21.0. The van der Waals surface area contributed by atoms with Gasteiger partial charge in [-0.1, -0.05) is 6.92 Å². The fourth-order valence-electron chi connectivity index (χ4n) is 1.27. The normalized spacial score (nSPS) is 14.7. The minimum Gasteiger partial charge on any atom is -0.264 e. The van der Waals surface area contributed by atoms with Gasteiger partial charge in [0.15, 0.2) is 0 Å². The minimum atomic E-state index is -0.892. The Hall–Kier alpha value is -1.20. The molecule has 0 saturated heterocycles. The molecule has 0 aliphatic carbocycles. The zero-order valence-corrected chi connectivity index (χ0v) is 8.22. The first-order valence-corrected chi connectivity index (χ1v) is 4.59. The lowest BCUT2D eigenvalue weighted by atomic mass is 10.0. The highest BCUT2D eigenvalue weighted by molar-refractivity contribution is 4.65. The molecule has 14 heavy (non-hydrogen) atoms. The van der Waals surface area contributed by atoms with Gasteiger partial charge < -0.3 is 0 Å². The Morgan fingerprint density at radius 1 is 1.21 bits per heavy atom. The van der Waals surface area contributed by atoms with Crippen molar-refractivity contribution >= 4 is 0 Å². The highest BCUT2D eigenvalue weighted by Gasteiger charge is 2.29. The maximum atomic E-state index is 10.5. The lowest BCUT2D eigenvalue weighted by Crippen LogP contribution is -2.29. The molecular weight excluding hydrogens is 188 g/mol. The first-order valence-electron chi connectivity index (χ1n) is 4.59. The monoisotopic (exact) mass is 203 g/mol. The van der Waals surface area contributed by atoms with Crippen LogP contribution in [0.2, 0.25) is 0 Å². The van der Waals surface area contributed by atoms with E-state index in [0.29, 0.717) is 12.8 Å².